The van der Waals surface area contributed by atoms with Crippen molar-refractivity contribution in [3.8, 4) is 0 Å². The highest BCUT2D eigenvalue weighted by molar-refractivity contribution is 5.99. The third-order valence-corrected chi connectivity index (χ3v) is 4.51. The number of amides is 1. The van der Waals surface area contributed by atoms with Crippen LogP contribution in [0.3, 0.4) is 0 Å². The first-order chi connectivity index (χ1) is 10.1. The van der Waals surface area contributed by atoms with E-state index in [4.69, 9.17) is 10.2 Å². The van der Waals surface area contributed by atoms with E-state index in [1.807, 2.05) is 36.9 Å². The Morgan fingerprint density at radius 3 is 2.90 bits per heavy atom. The molecule has 2 aromatic rings. The molecule has 3 rings (SSSR count). The number of benzene rings is 1. The SMILES string of the molecule is Cc1c(C(=O)N2CCCCC2CN)oc2c(C)cccc12. The molecule has 1 fully saturated rings. The fourth-order valence-electron chi connectivity index (χ4n) is 3.23. The van der Waals surface area contributed by atoms with Gasteiger partial charge in [0.15, 0.2) is 5.76 Å². The Hall–Kier alpha value is -1.81. The van der Waals surface area contributed by atoms with Crippen LogP contribution in [-0.2, 0) is 0 Å². The quantitative estimate of drug-likeness (QED) is 0.923. The molecule has 1 unspecified atom stereocenters. The van der Waals surface area contributed by atoms with Gasteiger partial charge in [-0.3, -0.25) is 4.79 Å². The van der Waals surface area contributed by atoms with Gasteiger partial charge in [0, 0.05) is 30.1 Å². The van der Waals surface area contributed by atoms with Gasteiger partial charge >= 0.3 is 0 Å². The number of rotatable bonds is 2. The summed E-state index contributed by atoms with van der Waals surface area (Å²) >= 11 is 0. The van der Waals surface area contributed by atoms with E-state index >= 15 is 0 Å². The molecule has 0 spiro atoms. The fourth-order valence-corrected chi connectivity index (χ4v) is 3.23. The van der Waals surface area contributed by atoms with E-state index in [1.165, 1.54) is 0 Å². The summed E-state index contributed by atoms with van der Waals surface area (Å²) in [4.78, 5) is 14.7. The highest BCUT2D eigenvalue weighted by Gasteiger charge is 2.30. The van der Waals surface area contributed by atoms with E-state index in [0.717, 1.165) is 47.9 Å². The molecule has 2 N–H and O–H groups in total. The standard InChI is InChI=1S/C17H22N2O2/c1-11-6-5-8-14-12(2)16(21-15(11)14)17(20)19-9-4-3-7-13(19)10-18/h5-6,8,13H,3-4,7,9-10,18H2,1-2H3. The molecule has 4 nitrogen and oxygen atoms in total. The minimum atomic E-state index is -0.0155. The van der Waals surface area contributed by atoms with Crippen LogP contribution in [0.25, 0.3) is 11.0 Å². The number of likely N-dealkylation sites (tertiary alicyclic amines) is 1. The van der Waals surface area contributed by atoms with Gasteiger partial charge in [-0.25, -0.2) is 0 Å². The van der Waals surface area contributed by atoms with Crippen LogP contribution in [-0.4, -0.2) is 29.9 Å². The lowest BCUT2D eigenvalue weighted by Gasteiger charge is -2.34. The van der Waals surface area contributed by atoms with Gasteiger partial charge in [0.05, 0.1) is 0 Å². The number of fused-ring (bicyclic) bond motifs is 1. The van der Waals surface area contributed by atoms with Crippen molar-refractivity contribution in [2.45, 2.75) is 39.2 Å². The molecular weight excluding hydrogens is 264 g/mol. The molecular formula is C17H22N2O2. The summed E-state index contributed by atoms with van der Waals surface area (Å²) < 4.78 is 5.91. The lowest BCUT2D eigenvalue weighted by atomic mass is 10.0. The maximum Gasteiger partial charge on any atom is 0.290 e. The number of para-hydroxylation sites is 1. The van der Waals surface area contributed by atoms with E-state index in [1.54, 1.807) is 0 Å². The van der Waals surface area contributed by atoms with Gasteiger partial charge in [0.1, 0.15) is 5.58 Å². The van der Waals surface area contributed by atoms with Crippen molar-refractivity contribution < 1.29 is 9.21 Å². The van der Waals surface area contributed by atoms with Gasteiger partial charge in [0.25, 0.3) is 5.91 Å². The summed E-state index contributed by atoms with van der Waals surface area (Å²) in [5.41, 5.74) is 8.63. The number of hydrogen-bond acceptors (Lipinski definition) is 3. The zero-order valence-corrected chi connectivity index (χ0v) is 12.7. The van der Waals surface area contributed by atoms with Crippen molar-refractivity contribution in [2.75, 3.05) is 13.1 Å². The Bertz CT molecular complexity index is 675. The molecule has 0 aliphatic carbocycles. The highest BCUT2D eigenvalue weighted by atomic mass is 16.3. The van der Waals surface area contributed by atoms with E-state index in [2.05, 4.69) is 0 Å². The molecule has 1 atom stereocenters. The minimum absolute atomic E-state index is 0.0155. The molecule has 0 bridgehead atoms. The number of carbonyl (C=O) groups excluding carboxylic acids is 1. The molecule has 112 valence electrons. The van der Waals surface area contributed by atoms with Crippen LogP contribution < -0.4 is 5.73 Å². The molecule has 1 aliphatic rings. The second-order valence-electron chi connectivity index (χ2n) is 5.89. The Balaban J connectivity index is 2.01. The number of piperidine rings is 1. The van der Waals surface area contributed by atoms with Crippen molar-refractivity contribution in [2.24, 2.45) is 5.73 Å². The Kier molecular flexibility index (Phi) is 3.72. The van der Waals surface area contributed by atoms with E-state index < -0.39 is 0 Å². The second kappa shape index (κ2) is 5.53. The van der Waals surface area contributed by atoms with E-state index in [-0.39, 0.29) is 11.9 Å². The largest absolute Gasteiger partial charge is 0.450 e. The first-order valence-electron chi connectivity index (χ1n) is 7.63. The topological polar surface area (TPSA) is 59.5 Å². The maximum absolute atomic E-state index is 12.8. The molecule has 1 amide bonds. The van der Waals surface area contributed by atoms with Crippen LogP contribution in [0.5, 0.6) is 0 Å². The second-order valence-corrected chi connectivity index (χ2v) is 5.89. The zero-order chi connectivity index (χ0) is 15.0. The van der Waals surface area contributed by atoms with Gasteiger partial charge in [-0.05, 0) is 38.7 Å². The average molecular weight is 286 g/mol. The number of carbonyl (C=O) groups is 1. The first-order valence-corrected chi connectivity index (χ1v) is 7.63. The summed E-state index contributed by atoms with van der Waals surface area (Å²) in [5.74, 6) is 0.456. The number of furan rings is 1. The molecule has 4 heteroatoms. The molecule has 0 saturated carbocycles. The molecule has 1 aromatic heterocycles. The van der Waals surface area contributed by atoms with Gasteiger partial charge in [-0.15, -0.1) is 0 Å². The number of nitrogens with two attached hydrogens (primary N) is 1. The van der Waals surface area contributed by atoms with Crippen LogP contribution in [0.1, 0.15) is 40.9 Å². The molecule has 2 heterocycles. The number of nitrogens with zero attached hydrogens (tertiary/aromatic N) is 1. The monoisotopic (exact) mass is 286 g/mol. The minimum Gasteiger partial charge on any atom is -0.450 e. The van der Waals surface area contributed by atoms with E-state index in [0.29, 0.717) is 12.3 Å². The third kappa shape index (κ3) is 2.33. The van der Waals surface area contributed by atoms with Crippen molar-refractivity contribution in [3.05, 3.63) is 35.1 Å². The Morgan fingerprint density at radius 2 is 2.19 bits per heavy atom. The van der Waals surface area contributed by atoms with Crippen LogP contribution in [0.2, 0.25) is 0 Å². The van der Waals surface area contributed by atoms with Crippen molar-refractivity contribution >= 4 is 16.9 Å². The highest BCUT2D eigenvalue weighted by Crippen LogP contribution is 2.30. The zero-order valence-electron chi connectivity index (χ0n) is 12.7. The Morgan fingerprint density at radius 1 is 1.38 bits per heavy atom. The lowest BCUT2D eigenvalue weighted by Crippen LogP contribution is -2.47. The molecule has 1 saturated heterocycles. The predicted molar refractivity (Wildman–Crippen MR) is 83.4 cm³/mol. The molecule has 21 heavy (non-hydrogen) atoms. The van der Waals surface area contributed by atoms with Gasteiger partial charge in [-0.2, -0.15) is 0 Å². The van der Waals surface area contributed by atoms with E-state index in [9.17, 15) is 4.79 Å². The summed E-state index contributed by atoms with van der Waals surface area (Å²) in [6.07, 6.45) is 3.17. The summed E-state index contributed by atoms with van der Waals surface area (Å²) in [7, 11) is 0. The smallest absolute Gasteiger partial charge is 0.290 e. The van der Waals surface area contributed by atoms with Gasteiger partial charge in [0.2, 0.25) is 0 Å². The average Bonchev–Trinajstić information content (AvgIpc) is 2.85. The molecule has 1 aromatic carbocycles. The van der Waals surface area contributed by atoms with Crippen LogP contribution in [0.15, 0.2) is 22.6 Å². The summed E-state index contributed by atoms with van der Waals surface area (Å²) in [6, 6.07) is 6.15. The van der Waals surface area contributed by atoms with Crippen LogP contribution in [0.4, 0.5) is 0 Å². The third-order valence-electron chi connectivity index (χ3n) is 4.51. The lowest BCUT2D eigenvalue weighted by molar-refractivity contribution is 0.0592. The van der Waals surface area contributed by atoms with Gasteiger partial charge in [-0.1, -0.05) is 18.2 Å². The first kappa shape index (κ1) is 14.1. The normalized spacial score (nSPS) is 19.2. The molecule has 1 aliphatic heterocycles. The number of aryl methyl sites for hydroxylation is 2. The maximum atomic E-state index is 12.8. The van der Waals surface area contributed by atoms with Crippen LogP contribution in [0, 0.1) is 13.8 Å². The van der Waals surface area contributed by atoms with Gasteiger partial charge < -0.3 is 15.1 Å². The van der Waals surface area contributed by atoms with Crippen molar-refractivity contribution in [1.82, 2.24) is 4.90 Å². The Labute approximate surface area is 124 Å². The van der Waals surface area contributed by atoms with Crippen LogP contribution >= 0.6 is 0 Å². The van der Waals surface area contributed by atoms with Crippen molar-refractivity contribution in [3.63, 3.8) is 0 Å². The molecule has 0 radical (unpaired) electrons. The predicted octanol–water partition coefficient (Wildman–Crippen LogP) is 3.00. The summed E-state index contributed by atoms with van der Waals surface area (Å²) in [6.45, 7) is 5.25. The number of hydrogen-bond donors (Lipinski definition) is 1. The fraction of sp³-hybridized carbons (Fsp3) is 0.471. The summed E-state index contributed by atoms with van der Waals surface area (Å²) in [5, 5.41) is 1.03. The van der Waals surface area contributed by atoms with Crippen molar-refractivity contribution in [1.29, 1.82) is 0 Å².